The van der Waals surface area contributed by atoms with Gasteiger partial charge >= 0.3 is 11.7 Å². The highest BCUT2D eigenvalue weighted by Gasteiger charge is 2.25. The van der Waals surface area contributed by atoms with E-state index in [1.807, 2.05) is 0 Å². The molecule has 2 rings (SSSR count). The fourth-order valence-corrected chi connectivity index (χ4v) is 1.73. The number of nitrogens with one attached hydrogen (secondary N) is 1. The maximum atomic E-state index is 11.3. The van der Waals surface area contributed by atoms with Crippen molar-refractivity contribution in [2.75, 3.05) is 0 Å². The Balaban J connectivity index is 2.16. The van der Waals surface area contributed by atoms with E-state index >= 15 is 0 Å². The third-order valence-corrected chi connectivity index (χ3v) is 2.81. The zero-order chi connectivity index (χ0) is 10.8. The quantitative estimate of drug-likeness (QED) is 0.750. The summed E-state index contributed by atoms with van der Waals surface area (Å²) in [6.07, 6.45) is 3.19. The molecule has 0 saturated heterocycles. The number of carbonyl (C=O) groups is 1. The number of aromatic nitrogens is 3. The van der Waals surface area contributed by atoms with Crippen LogP contribution in [0.1, 0.15) is 37.4 Å². The van der Waals surface area contributed by atoms with E-state index in [2.05, 4.69) is 10.2 Å². The van der Waals surface area contributed by atoms with Gasteiger partial charge in [0.05, 0.1) is 6.42 Å². The normalized spacial score (nSPS) is 16.3. The first-order valence-corrected chi connectivity index (χ1v) is 5.05. The van der Waals surface area contributed by atoms with Gasteiger partial charge in [-0.2, -0.15) is 5.10 Å². The molecule has 0 amide bonds. The first-order valence-electron chi connectivity index (χ1n) is 5.05. The summed E-state index contributed by atoms with van der Waals surface area (Å²) in [7, 11) is 0. The van der Waals surface area contributed by atoms with Gasteiger partial charge in [0.25, 0.3) is 0 Å². The molecule has 0 aromatic carbocycles. The lowest BCUT2D eigenvalue weighted by Crippen LogP contribution is -2.23. The van der Waals surface area contributed by atoms with Crippen LogP contribution >= 0.6 is 0 Å². The Morgan fingerprint density at radius 2 is 2.33 bits per heavy atom. The molecule has 6 nitrogen and oxygen atoms in total. The van der Waals surface area contributed by atoms with E-state index in [4.69, 9.17) is 5.11 Å². The van der Waals surface area contributed by atoms with Gasteiger partial charge in [0.2, 0.25) is 0 Å². The molecule has 0 spiro atoms. The lowest BCUT2D eigenvalue weighted by Gasteiger charge is -2.24. The van der Waals surface area contributed by atoms with Crippen molar-refractivity contribution >= 4 is 5.97 Å². The van der Waals surface area contributed by atoms with E-state index in [0.717, 1.165) is 19.3 Å². The zero-order valence-electron chi connectivity index (χ0n) is 8.27. The van der Waals surface area contributed by atoms with Gasteiger partial charge in [-0.3, -0.25) is 9.36 Å². The smallest absolute Gasteiger partial charge is 0.343 e. The number of hydrogen-bond donors (Lipinski definition) is 2. The number of aromatic amines is 1. The lowest BCUT2D eigenvalue weighted by atomic mass is 9.85. The summed E-state index contributed by atoms with van der Waals surface area (Å²) in [5.74, 6) is 0.146. The van der Waals surface area contributed by atoms with Crippen LogP contribution in [0.15, 0.2) is 4.79 Å². The number of nitrogens with zero attached hydrogens (tertiary/aromatic N) is 2. The van der Waals surface area contributed by atoms with E-state index < -0.39 is 5.97 Å². The summed E-state index contributed by atoms with van der Waals surface area (Å²) in [4.78, 5) is 21.8. The predicted octanol–water partition coefficient (Wildman–Crippen LogP) is 0.314. The standard InChI is InChI=1S/C9H13N3O3/c13-7(14)4-5-12-8(6-2-1-3-6)10-11-9(12)15/h6H,1-5H2,(H,11,15)(H,13,14). The Bertz CT molecular complexity index is 416. The number of aliphatic carboxylic acids is 1. The van der Waals surface area contributed by atoms with Gasteiger partial charge in [-0.05, 0) is 12.8 Å². The number of rotatable bonds is 4. The second-order valence-corrected chi connectivity index (χ2v) is 3.81. The molecule has 1 aromatic heterocycles. The van der Waals surface area contributed by atoms with Crippen LogP contribution in [0.4, 0.5) is 0 Å². The first-order chi connectivity index (χ1) is 7.18. The van der Waals surface area contributed by atoms with Crippen LogP contribution in [0, 0.1) is 0 Å². The third-order valence-electron chi connectivity index (χ3n) is 2.81. The van der Waals surface area contributed by atoms with Gasteiger partial charge < -0.3 is 5.11 Å². The van der Waals surface area contributed by atoms with E-state index in [9.17, 15) is 9.59 Å². The van der Waals surface area contributed by atoms with Gasteiger partial charge in [-0.25, -0.2) is 9.89 Å². The monoisotopic (exact) mass is 211 g/mol. The van der Waals surface area contributed by atoms with Gasteiger partial charge in [-0.15, -0.1) is 0 Å². The Hall–Kier alpha value is -1.59. The fourth-order valence-electron chi connectivity index (χ4n) is 1.73. The minimum atomic E-state index is -0.900. The summed E-state index contributed by atoms with van der Waals surface area (Å²) in [6, 6.07) is 0. The highest BCUT2D eigenvalue weighted by molar-refractivity contribution is 5.66. The molecule has 0 unspecified atom stereocenters. The minimum absolute atomic E-state index is 0.0425. The number of H-pyrrole nitrogens is 1. The van der Waals surface area contributed by atoms with Crippen LogP contribution < -0.4 is 5.69 Å². The van der Waals surface area contributed by atoms with Crippen LogP contribution in [0.3, 0.4) is 0 Å². The summed E-state index contributed by atoms with van der Waals surface area (Å²) in [5.41, 5.74) is -0.307. The Labute approximate surface area is 85.9 Å². The molecule has 6 heteroatoms. The molecule has 0 bridgehead atoms. The summed E-state index contributed by atoms with van der Waals surface area (Å²) < 4.78 is 1.44. The van der Waals surface area contributed by atoms with Crippen molar-refractivity contribution in [1.29, 1.82) is 0 Å². The molecule has 1 aromatic rings. The summed E-state index contributed by atoms with van der Waals surface area (Å²) in [6.45, 7) is 0.205. The van der Waals surface area contributed by atoms with E-state index in [1.165, 1.54) is 4.57 Å². The molecular formula is C9H13N3O3. The number of carboxylic acids is 1. The third kappa shape index (κ3) is 1.93. The van der Waals surface area contributed by atoms with E-state index in [1.54, 1.807) is 0 Å². The van der Waals surface area contributed by atoms with Crippen LogP contribution in [0.2, 0.25) is 0 Å². The van der Waals surface area contributed by atoms with E-state index in [0.29, 0.717) is 11.7 Å². The summed E-state index contributed by atoms with van der Waals surface area (Å²) >= 11 is 0. The molecular weight excluding hydrogens is 198 g/mol. The van der Waals surface area contributed by atoms with Crippen molar-refractivity contribution in [2.45, 2.75) is 38.1 Å². The van der Waals surface area contributed by atoms with Crippen molar-refractivity contribution < 1.29 is 9.90 Å². The van der Waals surface area contributed by atoms with Crippen molar-refractivity contribution in [3.8, 4) is 0 Å². The number of hydrogen-bond acceptors (Lipinski definition) is 3. The van der Waals surface area contributed by atoms with Crippen molar-refractivity contribution in [3.63, 3.8) is 0 Å². The van der Waals surface area contributed by atoms with Crippen LogP contribution in [-0.4, -0.2) is 25.8 Å². The molecule has 2 N–H and O–H groups in total. The average molecular weight is 211 g/mol. The highest BCUT2D eigenvalue weighted by Crippen LogP contribution is 2.34. The van der Waals surface area contributed by atoms with Crippen LogP contribution in [-0.2, 0) is 11.3 Å². The molecule has 82 valence electrons. The van der Waals surface area contributed by atoms with Crippen molar-refractivity contribution in [3.05, 3.63) is 16.3 Å². The first kappa shape index (κ1) is 9.95. The molecule has 1 heterocycles. The molecule has 1 aliphatic rings. The van der Waals surface area contributed by atoms with Crippen molar-refractivity contribution in [1.82, 2.24) is 14.8 Å². The van der Waals surface area contributed by atoms with Crippen LogP contribution in [0.25, 0.3) is 0 Å². The second kappa shape index (κ2) is 3.88. The highest BCUT2D eigenvalue weighted by atomic mass is 16.4. The molecule has 0 atom stereocenters. The molecule has 0 radical (unpaired) electrons. The molecule has 0 aliphatic heterocycles. The van der Waals surface area contributed by atoms with Crippen molar-refractivity contribution in [2.24, 2.45) is 0 Å². The zero-order valence-corrected chi connectivity index (χ0v) is 8.27. The average Bonchev–Trinajstić information content (AvgIpc) is 2.42. The SMILES string of the molecule is O=C(O)CCn1c(C2CCC2)n[nH]c1=O. The topological polar surface area (TPSA) is 88.0 Å². The predicted molar refractivity (Wildman–Crippen MR) is 51.7 cm³/mol. The summed E-state index contributed by atoms with van der Waals surface area (Å²) in [5, 5.41) is 14.9. The lowest BCUT2D eigenvalue weighted by molar-refractivity contribution is -0.137. The Kier molecular flexibility index (Phi) is 2.57. The molecule has 1 aliphatic carbocycles. The molecule has 15 heavy (non-hydrogen) atoms. The molecule has 1 saturated carbocycles. The molecule has 1 fully saturated rings. The Morgan fingerprint density at radius 1 is 1.60 bits per heavy atom. The van der Waals surface area contributed by atoms with E-state index in [-0.39, 0.29) is 18.7 Å². The second-order valence-electron chi connectivity index (χ2n) is 3.81. The van der Waals surface area contributed by atoms with Crippen LogP contribution in [0.5, 0.6) is 0 Å². The van der Waals surface area contributed by atoms with Gasteiger partial charge in [0.15, 0.2) is 0 Å². The number of carboxylic acid groups (broad SMARTS) is 1. The maximum Gasteiger partial charge on any atom is 0.343 e. The van der Waals surface area contributed by atoms with Gasteiger partial charge in [0, 0.05) is 12.5 Å². The Morgan fingerprint density at radius 3 is 2.87 bits per heavy atom. The largest absolute Gasteiger partial charge is 0.481 e. The maximum absolute atomic E-state index is 11.3. The minimum Gasteiger partial charge on any atom is -0.481 e. The van der Waals surface area contributed by atoms with Gasteiger partial charge in [-0.1, -0.05) is 6.42 Å². The van der Waals surface area contributed by atoms with Gasteiger partial charge in [0.1, 0.15) is 5.82 Å². The fraction of sp³-hybridized carbons (Fsp3) is 0.667.